The number of benzene rings is 1. The first-order valence-corrected chi connectivity index (χ1v) is 5.47. The van der Waals surface area contributed by atoms with Gasteiger partial charge >= 0.3 is 5.69 Å². The van der Waals surface area contributed by atoms with Crippen LogP contribution >= 0.6 is 0 Å². The lowest BCUT2D eigenvalue weighted by molar-refractivity contribution is 0.680. The number of nitrogens with zero attached hydrogens (tertiary/aromatic N) is 2. The predicted molar refractivity (Wildman–Crippen MR) is 66.7 cm³/mol. The number of aryl methyl sites for hydroxylation is 1. The van der Waals surface area contributed by atoms with E-state index in [-0.39, 0.29) is 5.69 Å². The smallest absolute Gasteiger partial charge is 0.292 e. The van der Waals surface area contributed by atoms with Gasteiger partial charge in [0.05, 0.1) is 11.0 Å². The summed E-state index contributed by atoms with van der Waals surface area (Å²) in [7, 11) is 0. The second-order valence-corrected chi connectivity index (χ2v) is 4.06. The maximum atomic E-state index is 12.1. The topological polar surface area (TPSA) is 26.9 Å². The standard InChI is InChI=1S/C13H16N2O/c1-4-14-11-7-5-6-8-12(11)15(13(14)16)9-10(2)3/h5-8H,2,4,9H2,1,3H3. The Labute approximate surface area is 94.6 Å². The van der Waals surface area contributed by atoms with E-state index in [9.17, 15) is 4.79 Å². The molecule has 16 heavy (non-hydrogen) atoms. The summed E-state index contributed by atoms with van der Waals surface area (Å²) in [5, 5.41) is 0. The molecule has 1 aromatic carbocycles. The normalized spacial score (nSPS) is 10.9. The van der Waals surface area contributed by atoms with Gasteiger partial charge in [0.25, 0.3) is 0 Å². The van der Waals surface area contributed by atoms with Crippen LogP contribution in [0, 0.1) is 0 Å². The van der Waals surface area contributed by atoms with Crippen molar-refractivity contribution in [3.05, 3.63) is 46.9 Å². The summed E-state index contributed by atoms with van der Waals surface area (Å²) in [6.07, 6.45) is 0. The van der Waals surface area contributed by atoms with Gasteiger partial charge < -0.3 is 0 Å². The van der Waals surface area contributed by atoms with Crippen LogP contribution in [0.5, 0.6) is 0 Å². The van der Waals surface area contributed by atoms with Crippen LogP contribution in [0.1, 0.15) is 13.8 Å². The SMILES string of the molecule is C=C(C)Cn1c(=O)n(CC)c2ccccc21. The highest BCUT2D eigenvalue weighted by Gasteiger charge is 2.10. The van der Waals surface area contributed by atoms with Gasteiger partial charge in [0.2, 0.25) is 0 Å². The van der Waals surface area contributed by atoms with E-state index in [2.05, 4.69) is 6.58 Å². The van der Waals surface area contributed by atoms with Crippen molar-refractivity contribution >= 4 is 11.0 Å². The number of aromatic nitrogens is 2. The summed E-state index contributed by atoms with van der Waals surface area (Å²) in [5.41, 5.74) is 3.02. The Balaban J connectivity index is 2.77. The second-order valence-electron chi connectivity index (χ2n) is 4.06. The van der Waals surface area contributed by atoms with Gasteiger partial charge in [-0.05, 0) is 26.0 Å². The Morgan fingerprint density at radius 2 is 1.81 bits per heavy atom. The van der Waals surface area contributed by atoms with Crippen molar-refractivity contribution < 1.29 is 0 Å². The van der Waals surface area contributed by atoms with Gasteiger partial charge in [0, 0.05) is 13.1 Å². The molecule has 0 amide bonds. The summed E-state index contributed by atoms with van der Waals surface area (Å²) in [4.78, 5) is 12.1. The number of para-hydroxylation sites is 2. The highest BCUT2D eigenvalue weighted by molar-refractivity contribution is 5.76. The molecule has 0 aliphatic rings. The molecule has 2 rings (SSSR count). The fourth-order valence-corrected chi connectivity index (χ4v) is 2.00. The number of rotatable bonds is 3. The highest BCUT2D eigenvalue weighted by atomic mass is 16.1. The van der Waals surface area contributed by atoms with Crippen LogP contribution < -0.4 is 5.69 Å². The average Bonchev–Trinajstić information content (AvgIpc) is 2.52. The molecule has 0 radical (unpaired) electrons. The maximum Gasteiger partial charge on any atom is 0.329 e. The van der Waals surface area contributed by atoms with Crippen LogP contribution in [0.25, 0.3) is 11.0 Å². The fraction of sp³-hybridized carbons (Fsp3) is 0.308. The van der Waals surface area contributed by atoms with Crippen molar-refractivity contribution in [2.24, 2.45) is 0 Å². The van der Waals surface area contributed by atoms with E-state index >= 15 is 0 Å². The summed E-state index contributed by atoms with van der Waals surface area (Å²) >= 11 is 0. The van der Waals surface area contributed by atoms with E-state index in [4.69, 9.17) is 0 Å². The van der Waals surface area contributed by atoms with Crippen LogP contribution in [-0.4, -0.2) is 9.13 Å². The lowest BCUT2D eigenvalue weighted by Gasteiger charge is -2.01. The average molecular weight is 216 g/mol. The third-order valence-corrected chi connectivity index (χ3v) is 2.67. The van der Waals surface area contributed by atoms with Gasteiger partial charge in [-0.15, -0.1) is 0 Å². The number of fused-ring (bicyclic) bond motifs is 1. The van der Waals surface area contributed by atoms with E-state index in [0.29, 0.717) is 13.1 Å². The lowest BCUT2D eigenvalue weighted by atomic mass is 10.3. The van der Waals surface area contributed by atoms with Crippen molar-refractivity contribution in [1.29, 1.82) is 0 Å². The van der Waals surface area contributed by atoms with E-state index in [1.807, 2.05) is 38.1 Å². The van der Waals surface area contributed by atoms with E-state index < -0.39 is 0 Å². The summed E-state index contributed by atoms with van der Waals surface area (Å²) in [6, 6.07) is 7.87. The molecular weight excluding hydrogens is 200 g/mol. The molecule has 0 spiro atoms. The zero-order valence-corrected chi connectivity index (χ0v) is 9.73. The molecule has 3 nitrogen and oxygen atoms in total. The zero-order valence-electron chi connectivity index (χ0n) is 9.73. The Morgan fingerprint density at radius 1 is 1.25 bits per heavy atom. The maximum absolute atomic E-state index is 12.1. The first-order valence-electron chi connectivity index (χ1n) is 5.47. The summed E-state index contributed by atoms with van der Waals surface area (Å²) in [5.74, 6) is 0. The molecular formula is C13H16N2O. The third kappa shape index (κ3) is 1.58. The Kier molecular flexibility index (Phi) is 2.69. The highest BCUT2D eigenvalue weighted by Crippen LogP contribution is 2.13. The molecule has 0 aliphatic heterocycles. The number of imidazole rings is 1. The minimum atomic E-state index is 0.0479. The number of allylic oxidation sites excluding steroid dienone is 1. The lowest BCUT2D eigenvalue weighted by Crippen LogP contribution is -2.24. The van der Waals surface area contributed by atoms with Crippen LogP contribution in [0.2, 0.25) is 0 Å². The molecule has 0 atom stereocenters. The van der Waals surface area contributed by atoms with Gasteiger partial charge in [-0.2, -0.15) is 0 Å². The first-order chi connectivity index (χ1) is 7.65. The van der Waals surface area contributed by atoms with Crippen LogP contribution in [0.4, 0.5) is 0 Å². The third-order valence-electron chi connectivity index (χ3n) is 2.67. The second kappa shape index (κ2) is 4.00. The van der Waals surface area contributed by atoms with Crippen molar-refractivity contribution in [3.8, 4) is 0 Å². The van der Waals surface area contributed by atoms with Crippen LogP contribution in [0.3, 0.4) is 0 Å². The zero-order chi connectivity index (χ0) is 11.7. The number of hydrogen-bond acceptors (Lipinski definition) is 1. The molecule has 84 valence electrons. The van der Waals surface area contributed by atoms with Crippen LogP contribution in [-0.2, 0) is 13.1 Å². The molecule has 1 aromatic heterocycles. The Hall–Kier alpha value is -1.77. The van der Waals surface area contributed by atoms with Gasteiger partial charge in [-0.1, -0.05) is 24.3 Å². The Morgan fingerprint density at radius 3 is 2.31 bits per heavy atom. The van der Waals surface area contributed by atoms with Crippen LogP contribution in [0.15, 0.2) is 41.2 Å². The minimum absolute atomic E-state index is 0.0479. The van der Waals surface area contributed by atoms with E-state index in [1.54, 1.807) is 9.13 Å². The van der Waals surface area contributed by atoms with E-state index in [0.717, 1.165) is 16.6 Å². The van der Waals surface area contributed by atoms with Crippen molar-refractivity contribution in [2.45, 2.75) is 26.9 Å². The molecule has 0 saturated heterocycles. The quantitative estimate of drug-likeness (QED) is 0.724. The summed E-state index contributed by atoms with van der Waals surface area (Å²) in [6.45, 7) is 9.07. The van der Waals surface area contributed by atoms with E-state index in [1.165, 1.54) is 0 Å². The molecule has 3 heteroatoms. The van der Waals surface area contributed by atoms with Crippen molar-refractivity contribution in [2.75, 3.05) is 0 Å². The predicted octanol–water partition coefficient (Wildman–Crippen LogP) is 2.40. The van der Waals surface area contributed by atoms with Gasteiger partial charge in [0.15, 0.2) is 0 Å². The molecule has 0 N–H and O–H groups in total. The molecule has 2 aromatic rings. The fourth-order valence-electron chi connectivity index (χ4n) is 2.00. The molecule has 0 saturated carbocycles. The molecule has 0 bridgehead atoms. The van der Waals surface area contributed by atoms with Gasteiger partial charge in [0.1, 0.15) is 0 Å². The Bertz CT molecular complexity index is 589. The largest absolute Gasteiger partial charge is 0.329 e. The summed E-state index contributed by atoms with van der Waals surface area (Å²) < 4.78 is 3.57. The van der Waals surface area contributed by atoms with Crippen molar-refractivity contribution in [1.82, 2.24) is 9.13 Å². The molecule has 0 aliphatic carbocycles. The minimum Gasteiger partial charge on any atom is -0.292 e. The monoisotopic (exact) mass is 216 g/mol. The molecule has 0 unspecified atom stereocenters. The van der Waals surface area contributed by atoms with Gasteiger partial charge in [-0.25, -0.2) is 4.79 Å². The first kappa shape index (κ1) is 10.7. The van der Waals surface area contributed by atoms with Gasteiger partial charge in [-0.3, -0.25) is 9.13 Å². The van der Waals surface area contributed by atoms with Crippen molar-refractivity contribution in [3.63, 3.8) is 0 Å². The number of hydrogen-bond donors (Lipinski definition) is 0. The molecule has 1 heterocycles. The molecule has 0 fully saturated rings.